The van der Waals surface area contributed by atoms with Crippen molar-refractivity contribution >= 4 is 17.5 Å². The lowest BCUT2D eigenvalue weighted by atomic mass is 10.1. The summed E-state index contributed by atoms with van der Waals surface area (Å²) in [5.41, 5.74) is 2.93. The van der Waals surface area contributed by atoms with E-state index in [-0.39, 0.29) is 11.0 Å². The third kappa shape index (κ3) is 3.41. The Bertz CT molecular complexity index is 858. The van der Waals surface area contributed by atoms with Crippen LogP contribution in [0.15, 0.2) is 59.8 Å². The van der Waals surface area contributed by atoms with E-state index in [1.807, 2.05) is 61.0 Å². The number of carbonyl (C=O) groups excluding carboxylic acids is 1. The van der Waals surface area contributed by atoms with Gasteiger partial charge >= 0.3 is 0 Å². The van der Waals surface area contributed by atoms with Crippen molar-refractivity contribution < 1.29 is 4.79 Å². The highest BCUT2D eigenvalue weighted by Gasteiger charge is 2.20. The first-order valence-electron chi connectivity index (χ1n) is 7.78. The fraction of sp³-hybridized carbons (Fsp3) is 0.211. The van der Waals surface area contributed by atoms with Crippen molar-refractivity contribution in [1.29, 1.82) is 0 Å². The van der Waals surface area contributed by atoms with E-state index < -0.39 is 0 Å². The molecule has 0 aliphatic rings. The second kappa shape index (κ2) is 7.01. The molecule has 0 saturated carbocycles. The topological polar surface area (TPSA) is 47.8 Å². The highest BCUT2D eigenvalue weighted by Crippen LogP contribution is 2.27. The Balaban J connectivity index is 1.80. The minimum Gasteiger partial charge on any atom is -0.305 e. The number of hydrogen-bond acceptors (Lipinski definition) is 4. The van der Waals surface area contributed by atoms with Crippen LogP contribution in [0.4, 0.5) is 0 Å². The minimum atomic E-state index is -0.222. The van der Waals surface area contributed by atoms with Crippen molar-refractivity contribution in [2.24, 2.45) is 7.05 Å². The summed E-state index contributed by atoms with van der Waals surface area (Å²) in [6, 6.07) is 17.5. The van der Waals surface area contributed by atoms with Gasteiger partial charge in [0.2, 0.25) is 0 Å². The molecule has 122 valence electrons. The average Bonchev–Trinajstić information content (AvgIpc) is 2.95. The third-order valence-electron chi connectivity index (χ3n) is 3.82. The highest BCUT2D eigenvalue weighted by molar-refractivity contribution is 8.00. The van der Waals surface area contributed by atoms with E-state index in [0.717, 1.165) is 22.1 Å². The quantitative estimate of drug-likeness (QED) is 0.518. The second-order valence-corrected chi connectivity index (χ2v) is 7.03. The lowest BCUT2D eigenvalue weighted by Gasteiger charge is -2.10. The largest absolute Gasteiger partial charge is 0.305 e. The van der Waals surface area contributed by atoms with Crippen LogP contribution in [-0.4, -0.2) is 25.8 Å². The zero-order valence-corrected chi connectivity index (χ0v) is 14.7. The Morgan fingerprint density at radius 2 is 1.83 bits per heavy atom. The Morgan fingerprint density at radius 3 is 2.54 bits per heavy atom. The van der Waals surface area contributed by atoms with Crippen LogP contribution in [0, 0.1) is 6.92 Å². The Hall–Kier alpha value is -2.40. The molecule has 3 rings (SSSR count). The van der Waals surface area contributed by atoms with Crippen molar-refractivity contribution in [2.45, 2.75) is 24.3 Å². The van der Waals surface area contributed by atoms with Gasteiger partial charge in [-0.05, 0) is 19.9 Å². The van der Waals surface area contributed by atoms with E-state index >= 15 is 0 Å². The molecule has 0 radical (unpaired) electrons. The molecule has 3 aromatic rings. The molecule has 24 heavy (non-hydrogen) atoms. The van der Waals surface area contributed by atoms with Gasteiger partial charge in [0.25, 0.3) is 0 Å². The zero-order chi connectivity index (χ0) is 17.1. The second-order valence-electron chi connectivity index (χ2n) is 5.73. The summed E-state index contributed by atoms with van der Waals surface area (Å²) in [4.78, 5) is 12.5. The SMILES string of the molecule is Cc1cccc(-c2nnc(S[C@H](C)C(=O)c3ccccc3)n2C)c1. The molecule has 0 aliphatic heterocycles. The average molecular weight is 337 g/mol. The fourth-order valence-electron chi connectivity index (χ4n) is 2.50. The predicted molar refractivity (Wildman–Crippen MR) is 97.3 cm³/mol. The summed E-state index contributed by atoms with van der Waals surface area (Å²) in [7, 11) is 1.93. The first kappa shape index (κ1) is 16.5. The molecule has 1 aromatic heterocycles. The number of carbonyl (C=O) groups is 1. The number of aryl methyl sites for hydroxylation is 1. The standard InChI is InChI=1S/C19H19N3OS/c1-13-8-7-11-16(12-13)18-20-21-19(22(18)3)24-14(2)17(23)15-9-5-4-6-10-15/h4-12,14H,1-3H3/t14-/m1/s1. The van der Waals surface area contributed by atoms with Crippen LogP contribution in [0.2, 0.25) is 0 Å². The van der Waals surface area contributed by atoms with Crippen LogP contribution in [0.3, 0.4) is 0 Å². The van der Waals surface area contributed by atoms with E-state index in [9.17, 15) is 4.79 Å². The van der Waals surface area contributed by atoms with Crippen molar-refractivity contribution in [1.82, 2.24) is 14.8 Å². The van der Waals surface area contributed by atoms with E-state index in [1.165, 1.54) is 17.3 Å². The molecular weight excluding hydrogens is 318 g/mol. The van der Waals surface area contributed by atoms with Gasteiger partial charge in [-0.25, -0.2) is 0 Å². The summed E-state index contributed by atoms with van der Waals surface area (Å²) in [5, 5.41) is 9.07. The maximum atomic E-state index is 12.5. The van der Waals surface area contributed by atoms with E-state index in [4.69, 9.17) is 0 Å². The van der Waals surface area contributed by atoms with Crippen LogP contribution in [-0.2, 0) is 7.05 Å². The number of hydrogen-bond donors (Lipinski definition) is 0. The molecule has 0 unspecified atom stereocenters. The summed E-state index contributed by atoms with van der Waals surface area (Å²) in [6.45, 7) is 3.96. The van der Waals surface area contributed by atoms with Crippen molar-refractivity contribution in [3.05, 3.63) is 65.7 Å². The van der Waals surface area contributed by atoms with Crippen molar-refractivity contribution in [3.8, 4) is 11.4 Å². The van der Waals surface area contributed by atoms with Gasteiger partial charge in [0.15, 0.2) is 16.8 Å². The van der Waals surface area contributed by atoms with Gasteiger partial charge in [0, 0.05) is 18.2 Å². The highest BCUT2D eigenvalue weighted by atomic mass is 32.2. The molecule has 5 heteroatoms. The van der Waals surface area contributed by atoms with Crippen LogP contribution < -0.4 is 0 Å². The number of nitrogens with zero attached hydrogens (tertiary/aromatic N) is 3. The first-order valence-corrected chi connectivity index (χ1v) is 8.66. The number of aromatic nitrogens is 3. The van der Waals surface area contributed by atoms with Crippen LogP contribution >= 0.6 is 11.8 Å². The number of rotatable bonds is 5. The van der Waals surface area contributed by atoms with Crippen LogP contribution in [0.5, 0.6) is 0 Å². The summed E-state index contributed by atoms with van der Waals surface area (Å²) >= 11 is 1.43. The molecule has 0 N–H and O–H groups in total. The number of benzene rings is 2. The molecule has 2 aromatic carbocycles. The molecule has 0 saturated heterocycles. The molecule has 1 atom stereocenters. The van der Waals surface area contributed by atoms with Gasteiger partial charge in [0.05, 0.1) is 5.25 Å². The van der Waals surface area contributed by atoms with Gasteiger partial charge in [-0.1, -0.05) is 65.9 Å². The summed E-state index contributed by atoms with van der Waals surface area (Å²) < 4.78 is 1.94. The van der Waals surface area contributed by atoms with Gasteiger partial charge < -0.3 is 4.57 Å². The smallest absolute Gasteiger partial charge is 0.191 e. The number of thioether (sulfide) groups is 1. The van der Waals surface area contributed by atoms with E-state index in [0.29, 0.717) is 0 Å². The minimum absolute atomic E-state index is 0.0979. The molecular formula is C19H19N3OS. The normalized spacial score (nSPS) is 12.1. The van der Waals surface area contributed by atoms with Gasteiger partial charge in [0.1, 0.15) is 0 Å². The number of Topliss-reactive ketones (excluding diaryl/α,β-unsaturated/α-hetero) is 1. The Morgan fingerprint density at radius 1 is 1.08 bits per heavy atom. The lowest BCUT2D eigenvalue weighted by molar-refractivity contribution is 0.0994. The zero-order valence-electron chi connectivity index (χ0n) is 13.9. The molecule has 0 spiro atoms. The Kier molecular flexibility index (Phi) is 4.81. The van der Waals surface area contributed by atoms with Crippen LogP contribution in [0.1, 0.15) is 22.8 Å². The maximum absolute atomic E-state index is 12.5. The van der Waals surface area contributed by atoms with E-state index in [2.05, 4.69) is 29.3 Å². The molecule has 1 heterocycles. The summed E-state index contributed by atoms with van der Waals surface area (Å²) in [5.74, 6) is 0.904. The maximum Gasteiger partial charge on any atom is 0.191 e. The third-order valence-corrected chi connectivity index (χ3v) is 4.95. The predicted octanol–water partition coefficient (Wildman–Crippen LogP) is 4.15. The molecule has 4 nitrogen and oxygen atoms in total. The van der Waals surface area contributed by atoms with Crippen LogP contribution in [0.25, 0.3) is 11.4 Å². The fourth-order valence-corrected chi connectivity index (χ4v) is 3.39. The summed E-state index contributed by atoms with van der Waals surface area (Å²) in [6.07, 6.45) is 0. The van der Waals surface area contributed by atoms with Gasteiger partial charge in [-0.2, -0.15) is 0 Å². The van der Waals surface area contributed by atoms with E-state index in [1.54, 1.807) is 0 Å². The molecule has 0 amide bonds. The first-order chi connectivity index (χ1) is 11.6. The molecule has 0 aliphatic carbocycles. The number of ketones is 1. The molecule has 0 bridgehead atoms. The lowest BCUT2D eigenvalue weighted by Crippen LogP contribution is -2.14. The van der Waals surface area contributed by atoms with Gasteiger partial charge in [-0.3, -0.25) is 4.79 Å². The monoisotopic (exact) mass is 337 g/mol. The van der Waals surface area contributed by atoms with Crippen molar-refractivity contribution in [2.75, 3.05) is 0 Å². The Labute approximate surface area is 145 Å². The van der Waals surface area contributed by atoms with Gasteiger partial charge in [-0.15, -0.1) is 10.2 Å². The molecule has 0 fully saturated rings. The van der Waals surface area contributed by atoms with Crippen molar-refractivity contribution in [3.63, 3.8) is 0 Å².